The largest absolute Gasteiger partial charge is 0.371 e. The Bertz CT molecular complexity index is 392. The van der Waals surface area contributed by atoms with Gasteiger partial charge in [-0.15, -0.1) is 11.8 Å². The van der Waals surface area contributed by atoms with Crippen LogP contribution in [0.5, 0.6) is 0 Å². The van der Waals surface area contributed by atoms with Crippen LogP contribution in [0.25, 0.3) is 0 Å². The van der Waals surface area contributed by atoms with E-state index in [1.807, 2.05) is 11.8 Å². The lowest BCUT2D eigenvalue weighted by Crippen LogP contribution is -2.35. The number of hydrogen-bond donors (Lipinski definition) is 1. The maximum Gasteiger partial charge on any atom is 0.0423 e. The molecule has 0 radical (unpaired) electrons. The van der Waals surface area contributed by atoms with Crippen LogP contribution in [0.1, 0.15) is 32.3 Å². The van der Waals surface area contributed by atoms with Gasteiger partial charge in [-0.1, -0.05) is 19.9 Å². The van der Waals surface area contributed by atoms with Crippen LogP contribution in [0.15, 0.2) is 23.1 Å². The summed E-state index contributed by atoms with van der Waals surface area (Å²) in [6.07, 6.45) is 2.66. The van der Waals surface area contributed by atoms with Gasteiger partial charge in [0.25, 0.3) is 0 Å². The SMILES string of the molecule is CCSc1cccc(N2CCCC(C)C2)c1CN. The van der Waals surface area contributed by atoms with E-state index in [1.165, 1.54) is 42.1 Å². The molecule has 0 aliphatic carbocycles. The summed E-state index contributed by atoms with van der Waals surface area (Å²) in [5.74, 6) is 1.90. The summed E-state index contributed by atoms with van der Waals surface area (Å²) < 4.78 is 0. The molecule has 1 aromatic rings. The van der Waals surface area contributed by atoms with Gasteiger partial charge in [-0.2, -0.15) is 0 Å². The highest BCUT2D eigenvalue weighted by Crippen LogP contribution is 2.32. The van der Waals surface area contributed by atoms with Crippen LogP contribution in [0.4, 0.5) is 5.69 Å². The first-order chi connectivity index (χ1) is 8.76. The van der Waals surface area contributed by atoms with Gasteiger partial charge < -0.3 is 10.6 Å². The molecule has 0 aromatic heterocycles. The number of rotatable bonds is 4. The number of benzene rings is 1. The Hall–Kier alpha value is -0.670. The Morgan fingerprint density at radius 3 is 2.94 bits per heavy atom. The van der Waals surface area contributed by atoms with E-state index in [2.05, 4.69) is 36.9 Å². The van der Waals surface area contributed by atoms with E-state index in [0.717, 1.165) is 11.7 Å². The van der Waals surface area contributed by atoms with Crippen molar-refractivity contribution in [2.45, 2.75) is 38.1 Å². The van der Waals surface area contributed by atoms with Gasteiger partial charge in [-0.3, -0.25) is 0 Å². The van der Waals surface area contributed by atoms with Crippen LogP contribution in [0.3, 0.4) is 0 Å². The van der Waals surface area contributed by atoms with Gasteiger partial charge in [0, 0.05) is 35.8 Å². The molecule has 1 saturated heterocycles. The highest BCUT2D eigenvalue weighted by atomic mass is 32.2. The fraction of sp³-hybridized carbons (Fsp3) is 0.600. The normalized spacial score (nSPS) is 20.2. The van der Waals surface area contributed by atoms with Crippen LogP contribution < -0.4 is 10.6 Å². The number of piperidine rings is 1. The number of nitrogens with two attached hydrogens (primary N) is 1. The fourth-order valence-electron chi connectivity index (χ4n) is 2.75. The Balaban J connectivity index is 2.28. The first-order valence-corrected chi connectivity index (χ1v) is 7.94. The van der Waals surface area contributed by atoms with Gasteiger partial charge in [-0.25, -0.2) is 0 Å². The smallest absolute Gasteiger partial charge is 0.0423 e. The second kappa shape index (κ2) is 6.48. The molecule has 2 N–H and O–H groups in total. The molecule has 0 spiro atoms. The summed E-state index contributed by atoms with van der Waals surface area (Å²) in [4.78, 5) is 3.88. The summed E-state index contributed by atoms with van der Waals surface area (Å²) in [6.45, 7) is 7.54. The first kappa shape index (κ1) is 13.8. The molecule has 0 amide bonds. The third-order valence-electron chi connectivity index (χ3n) is 3.61. The van der Waals surface area contributed by atoms with Crippen molar-refractivity contribution in [3.05, 3.63) is 23.8 Å². The van der Waals surface area contributed by atoms with Crippen molar-refractivity contribution in [1.29, 1.82) is 0 Å². The standard InChI is InChI=1S/C15H24N2S/c1-3-18-15-8-4-7-14(13(15)10-16)17-9-5-6-12(2)11-17/h4,7-8,12H,3,5-6,9-11,16H2,1-2H3. The molecule has 3 heteroatoms. The fourth-order valence-corrected chi connectivity index (χ4v) is 3.60. The molecule has 0 saturated carbocycles. The lowest BCUT2D eigenvalue weighted by Gasteiger charge is -2.34. The molecule has 18 heavy (non-hydrogen) atoms. The van der Waals surface area contributed by atoms with Crippen molar-refractivity contribution in [3.8, 4) is 0 Å². The minimum Gasteiger partial charge on any atom is -0.371 e. The maximum absolute atomic E-state index is 5.98. The average Bonchev–Trinajstić information content (AvgIpc) is 2.39. The molecular weight excluding hydrogens is 240 g/mol. The molecule has 0 bridgehead atoms. The van der Waals surface area contributed by atoms with E-state index in [4.69, 9.17) is 5.73 Å². The molecule has 1 aromatic carbocycles. The summed E-state index contributed by atoms with van der Waals surface area (Å²) in [6, 6.07) is 6.61. The van der Waals surface area contributed by atoms with Crippen molar-refractivity contribution in [3.63, 3.8) is 0 Å². The molecule has 1 aliphatic rings. The van der Waals surface area contributed by atoms with Gasteiger partial charge in [0.05, 0.1) is 0 Å². The zero-order valence-corrected chi connectivity index (χ0v) is 12.3. The second-order valence-corrected chi connectivity index (χ2v) is 6.39. The van der Waals surface area contributed by atoms with Crippen LogP contribution in [-0.4, -0.2) is 18.8 Å². The van der Waals surface area contributed by atoms with Crippen molar-refractivity contribution in [1.82, 2.24) is 0 Å². The summed E-state index contributed by atoms with van der Waals surface area (Å²) in [5, 5.41) is 0. The number of anilines is 1. The topological polar surface area (TPSA) is 29.3 Å². The Kier molecular flexibility index (Phi) is 4.95. The van der Waals surface area contributed by atoms with Gasteiger partial charge in [-0.05, 0) is 36.6 Å². The molecular formula is C15H24N2S. The maximum atomic E-state index is 5.98. The van der Waals surface area contributed by atoms with Crippen LogP contribution in [0.2, 0.25) is 0 Å². The highest BCUT2D eigenvalue weighted by molar-refractivity contribution is 7.99. The lowest BCUT2D eigenvalue weighted by molar-refractivity contribution is 0.446. The van der Waals surface area contributed by atoms with Crippen LogP contribution >= 0.6 is 11.8 Å². The summed E-state index contributed by atoms with van der Waals surface area (Å²) >= 11 is 1.90. The van der Waals surface area contributed by atoms with E-state index >= 15 is 0 Å². The average molecular weight is 264 g/mol. The molecule has 1 fully saturated rings. The molecule has 100 valence electrons. The minimum atomic E-state index is 0.642. The Morgan fingerprint density at radius 2 is 2.28 bits per heavy atom. The van der Waals surface area contributed by atoms with Gasteiger partial charge in [0.1, 0.15) is 0 Å². The number of nitrogens with zero attached hydrogens (tertiary/aromatic N) is 1. The number of hydrogen-bond acceptors (Lipinski definition) is 3. The highest BCUT2D eigenvalue weighted by Gasteiger charge is 2.19. The molecule has 1 heterocycles. The van der Waals surface area contributed by atoms with Crippen molar-refractivity contribution in [2.24, 2.45) is 11.7 Å². The van der Waals surface area contributed by atoms with Gasteiger partial charge in [0.2, 0.25) is 0 Å². The van der Waals surface area contributed by atoms with Gasteiger partial charge >= 0.3 is 0 Å². The van der Waals surface area contributed by atoms with E-state index in [9.17, 15) is 0 Å². The minimum absolute atomic E-state index is 0.642. The summed E-state index contributed by atoms with van der Waals surface area (Å²) in [5.41, 5.74) is 8.68. The van der Waals surface area contributed by atoms with Crippen molar-refractivity contribution >= 4 is 17.4 Å². The third-order valence-corrected chi connectivity index (χ3v) is 4.59. The third kappa shape index (κ3) is 3.01. The van der Waals surface area contributed by atoms with E-state index in [-0.39, 0.29) is 0 Å². The van der Waals surface area contributed by atoms with E-state index in [1.54, 1.807) is 0 Å². The monoisotopic (exact) mass is 264 g/mol. The number of thioether (sulfide) groups is 1. The zero-order valence-electron chi connectivity index (χ0n) is 11.5. The molecule has 1 atom stereocenters. The first-order valence-electron chi connectivity index (χ1n) is 6.96. The quantitative estimate of drug-likeness (QED) is 0.844. The van der Waals surface area contributed by atoms with Crippen molar-refractivity contribution in [2.75, 3.05) is 23.7 Å². The molecule has 1 aliphatic heterocycles. The molecule has 1 unspecified atom stereocenters. The Labute approximate surface area is 115 Å². The van der Waals surface area contributed by atoms with E-state index in [0.29, 0.717) is 6.54 Å². The molecule has 2 rings (SSSR count). The van der Waals surface area contributed by atoms with Gasteiger partial charge in [0.15, 0.2) is 0 Å². The van der Waals surface area contributed by atoms with E-state index < -0.39 is 0 Å². The summed E-state index contributed by atoms with van der Waals surface area (Å²) in [7, 11) is 0. The lowest BCUT2D eigenvalue weighted by atomic mass is 9.99. The Morgan fingerprint density at radius 1 is 1.44 bits per heavy atom. The predicted molar refractivity (Wildman–Crippen MR) is 81.3 cm³/mol. The molecule has 2 nitrogen and oxygen atoms in total. The zero-order chi connectivity index (χ0) is 13.0. The van der Waals surface area contributed by atoms with Crippen LogP contribution in [-0.2, 0) is 6.54 Å². The van der Waals surface area contributed by atoms with Crippen molar-refractivity contribution < 1.29 is 0 Å². The second-order valence-electron chi connectivity index (χ2n) is 5.08. The van der Waals surface area contributed by atoms with Crippen LogP contribution in [0, 0.1) is 5.92 Å². The predicted octanol–water partition coefficient (Wildman–Crippen LogP) is 3.49.